The third-order valence-corrected chi connectivity index (χ3v) is 8.81. The molecular weight excluding hydrogens is 748 g/mol. The molecule has 4 aromatic carbocycles. The van der Waals surface area contributed by atoms with Gasteiger partial charge in [-0.25, -0.2) is 4.98 Å². The third-order valence-electron chi connectivity index (χ3n) is 8.81. The van der Waals surface area contributed by atoms with Gasteiger partial charge in [-0.2, -0.15) is 12.7 Å². The maximum Gasteiger partial charge on any atom is 0.327 e. The second-order valence-electron chi connectivity index (χ2n) is 12.9. The van der Waals surface area contributed by atoms with E-state index in [0.29, 0.717) is 11.5 Å². The first kappa shape index (κ1) is 30.2. The minimum atomic E-state index is 0. The molecule has 6 aromatic rings. The predicted molar refractivity (Wildman–Crippen MR) is 184 cm³/mol. The minimum absolute atomic E-state index is 0. The van der Waals surface area contributed by atoms with Crippen LogP contribution in [0.15, 0.2) is 109 Å². The van der Waals surface area contributed by atoms with Crippen molar-refractivity contribution in [3.05, 3.63) is 133 Å². The fourth-order valence-electron chi connectivity index (χ4n) is 6.59. The van der Waals surface area contributed by atoms with Crippen LogP contribution in [0.3, 0.4) is 0 Å². The minimum Gasteiger partial charge on any atom is -0.511 e. The van der Waals surface area contributed by atoms with Crippen molar-refractivity contribution in [1.29, 1.82) is 0 Å². The molecule has 0 unspecified atom stereocenters. The average Bonchev–Trinajstić information content (AvgIpc) is 3.58. The van der Waals surface area contributed by atoms with E-state index < -0.39 is 0 Å². The smallest absolute Gasteiger partial charge is 0.327 e. The summed E-state index contributed by atoms with van der Waals surface area (Å²) in [4.78, 5) is 11.4. The van der Waals surface area contributed by atoms with Crippen molar-refractivity contribution in [2.75, 3.05) is 23.8 Å². The number of para-hydroxylation sites is 1. The van der Waals surface area contributed by atoms with E-state index in [0.717, 1.165) is 39.0 Å². The molecule has 2 aliphatic rings. The summed E-state index contributed by atoms with van der Waals surface area (Å²) in [5.41, 5.74) is 7.70. The number of rotatable bonds is 4. The zero-order valence-electron chi connectivity index (χ0n) is 26.4. The van der Waals surface area contributed by atoms with Crippen LogP contribution in [0.5, 0.6) is 11.5 Å². The number of hydrogen-bond acceptors (Lipinski definition) is 5. The van der Waals surface area contributed by atoms with Crippen molar-refractivity contribution in [2.24, 2.45) is 0 Å². The van der Waals surface area contributed by atoms with Gasteiger partial charge in [0.1, 0.15) is 5.82 Å². The van der Waals surface area contributed by atoms with E-state index in [1.54, 1.807) is 0 Å². The van der Waals surface area contributed by atoms with Crippen molar-refractivity contribution < 1.29 is 25.8 Å². The summed E-state index contributed by atoms with van der Waals surface area (Å²) in [7, 11) is 4.20. The Balaban J connectivity index is 0.00000338. The van der Waals surface area contributed by atoms with Crippen LogP contribution in [0.2, 0.25) is 0 Å². The Bertz CT molecular complexity index is 2120. The van der Waals surface area contributed by atoms with E-state index in [-0.39, 0.29) is 33.3 Å². The number of ether oxygens (including phenoxy) is 1. The normalized spacial score (nSPS) is 14.3. The van der Waals surface area contributed by atoms with Crippen molar-refractivity contribution in [3.8, 4) is 17.3 Å². The molecule has 232 valence electrons. The first-order chi connectivity index (χ1) is 21.8. The van der Waals surface area contributed by atoms with Crippen LogP contribution < -0.4 is 19.9 Å². The van der Waals surface area contributed by atoms with Crippen LogP contribution in [0, 0.1) is 18.8 Å². The molecule has 8 heteroatoms. The quantitative estimate of drug-likeness (QED) is 0.137. The maximum absolute atomic E-state index is 6.50. The molecule has 0 atom stereocenters. The number of fused-ring (bicyclic) bond motifs is 6. The molecule has 0 saturated heterocycles. The van der Waals surface area contributed by atoms with Crippen LogP contribution in [-0.4, -0.2) is 35.4 Å². The van der Waals surface area contributed by atoms with Gasteiger partial charge in [0, 0.05) is 44.3 Å². The summed E-state index contributed by atoms with van der Waals surface area (Å²) in [5, 5.41) is 2.26. The molecular formula is C38H33BN5OPt-3. The number of hydrogen-bond donors (Lipinski definition) is 0. The van der Waals surface area contributed by atoms with Gasteiger partial charge in [0.2, 0.25) is 0 Å². The van der Waals surface area contributed by atoms with Gasteiger partial charge in [0.05, 0.1) is 0 Å². The number of nitrogens with zero attached hydrogens (tertiary/aromatic N) is 5. The van der Waals surface area contributed by atoms with Gasteiger partial charge in [-0.1, -0.05) is 91.7 Å². The van der Waals surface area contributed by atoms with Crippen molar-refractivity contribution >= 4 is 45.5 Å². The topological polar surface area (TPSA) is 36.8 Å². The number of benzene rings is 4. The summed E-state index contributed by atoms with van der Waals surface area (Å²) >= 11 is 0. The van der Waals surface area contributed by atoms with Crippen LogP contribution in [-0.2, 0) is 26.5 Å². The van der Waals surface area contributed by atoms with Crippen LogP contribution in [0.1, 0.15) is 26.3 Å². The first-order valence-electron chi connectivity index (χ1n) is 15.3. The van der Waals surface area contributed by atoms with Crippen LogP contribution in [0.4, 0.5) is 11.4 Å². The second kappa shape index (κ2) is 11.4. The Morgan fingerprint density at radius 2 is 1.57 bits per heavy atom. The van der Waals surface area contributed by atoms with Crippen LogP contribution in [0.25, 0.3) is 27.6 Å². The molecule has 6 nitrogen and oxygen atoms in total. The Morgan fingerprint density at radius 3 is 2.37 bits per heavy atom. The summed E-state index contributed by atoms with van der Waals surface area (Å²) in [6.45, 7) is 8.86. The SMILES string of the molecule is CN1C=C2B(c3ccccc3)N(C)c3ccc(Oc4[c-]c5c(cc4)c4ccccc4n5-c4cc(C(C)(C)C)ccn4)[c-]c3N2[CH-]1.[Pt]. The Kier molecular flexibility index (Phi) is 7.48. The van der Waals surface area contributed by atoms with E-state index in [1.165, 1.54) is 16.6 Å². The molecule has 2 aromatic heterocycles. The predicted octanol–water partition coefficient (Wildman–Crippen LogP) is 7.47. The van der Waals surface area contributed by atoms with E-state index in [1.807, 2.05) is 18.3 Å². The monoisotopic (exact) mass is 781 g/mol. The summed E-state index contributed by atoms with van der Waals surface area (Å²) in [5.74, 6) is 2.12. The average molecular weight is 782 g/mol. The summed E-state index contributed by atoms with van der Waals surface area (Å²) in [6, 6.07) is 38.7. The maximum atomic E-state index is 6.50. The Labute approximate surface area is 285 Å². The molecule has 4 heterocycles. The van der Waals surface area contributed by atoms with Gasteiger partial charge >= 0.3 is 6.85 Å². The van der Waals surface area contributed by atoms with E-state index in [9.17, 15) is 0 Å². The molecule has 0 amide bonds. The largest absolute Gasteiger partial charge is 0.511 e. The Hall–Kier alpha value is -4.48. The Morgan fingerprint density at radius 1 is 0.826 bits per heavy atom. The van der Waals surface area contributed by atoms with Crippen molar-refractivity contribution in [3.63, 3.8) is 0 Å². The van der Waals surface area contributed by atoms with E-state index in [2.05, 4.69) is 158 Å². The van der Waals surface area contributed by atoms with Crippen LogP contribution >= 0.6 is 0 Å². The first-order valence-corrected chi connectivity index (χ1v) is 15.3. The van der Waals surface area contributed by atoms with E-state index in [4.69, 9.17) is 9.72 Å². The molecule has 2 aliphatic heterocycles. The molecule has 0 aliphatic carbocycles. The standard InChI is InChI=1S/C38H33BN5O.Pt/c1-38(2,3)26-19-20-40-37(21-26)44-32-14-10-9-13-30(32)31-17-15-28(22-34(31)44)45-29-16-18-33-35(23-29)43-25-41(4)24-36(43)39(42(33)5)27-11-7-6-8-12-27;/h6-21,24-25H,1-5H3;/q-3;. The fraction of sp³-hybridized carbons (Fsp3) is 0.158. The molecule has 0 fully saturated rings. The van der Waals surface area contributed by atoms with Gasteiger partial charge in [-0.3, -0.25) is 0 Å². The molecule has 0 radical (unpaired) electrons. The van der Waals surface area contributed by atoms with E-state index >= 15 is 0 Å². The molecule has 46 heavy (non-hydrogen) atoms. The van der Waals surface area contributed by atoms with Crippen molar-refractivity contribution in [1.82, 2.24) is 14.5 Å². The van der Waals surface area contributed by atoms with Gasteiger partial charge in [-0.05, 0) is 60.5 Å². The third kappa shape index (κ3) is 4.98. The van der Waals surface area contributed by atoms with Crippen molar-refractivity contribution in [2.45, 2.75) is 26.2 Å². The van der Waals surface area contributed by atoms with Gasteiger partial charge in [0.25, 0.3) is 0 Å². The number of pyridine rings is 1. The second-order valence-corrected chi connectivity index (χ2v) is 12.9. The number of aromatic nitrogens is 2. The molecule has 0 N–H and O–H groups in total. The zero-order chi connectivity index (χ0) is 30.9. The number of anilines is 2. The fourth-order valence-corrected chi connectivity index (χ4v) is 6.59. The van der Waals surface area contributed by atoms with Gasteiger partial charge in [-0.15, -0.1) is 35.7 Å². The molecule has 0 saturated carbocycles. The zero-order valence-corrected chi connectivity index (χ0v) is 28.7. The van der Waals surface area contributed by atoms with Gasteiger partial charge < -0.3 is 23.9 Å². The summed E-state index contributed by atoms with van der Waals surface area (Å²) < 4.78 is 8.69. The molecule has 0 spiro atoms. The molecule has 8 rings (SSSR count). The van der Waals surface area contributed by atoms with Gasteiger partial charge in [0.15, 0.2) is 0 Å². The summed E-state index contributed by atoms with van der Waals surface area (Å²) in [6.07, 6.45) is 4.08. The molecule has 0 bridgehead atoms.